The summed E-state index contributed by atoms with van der Waals surface area (Å²) < 4.78 is 0. The molecule has 1 aromatic carbocycles. The Bertz CT molecular complexity index is 488. The molecule has 0 saturated heterocycles. The van der Waals surface area contributed by atoms with E-state index in [1.807, 2.05) is 32.9 Å². The normalized spacial score (nSPS) is 10.3. The third kappa shape index (κ3) is 5.25. The molecule has 1 N–H and O–H groups in total. The quantitative estimate of drug-likeness (QED) is 0.786. The highest BCUT2D eigenvalue weighted by molar-refractivity contribution is 8.00. The lowest BCUT2D eigenvalue weighted by molar-refractivity contribution is -0.143. The molecule has 0 fully saturated rings. The number of thioether (sulfide) groups is 1. The van der Waals surface area contributed by atoms with E-state index in [9.17, 15) is 9.59 Å². The number of hydrogen-bond donors (Lipinski definition) is 1. The molecule has 0 aromatic heterocycles. The number of carbonyl (C=O) groups excluding carboxylic acids is 1. The molecule has 1 rings (SSSR count). The van der Waals surface area contributed by atoms with Crippen LogP contribution in [0.25, 0.3) is 0 Å². The van der Waals surface area contributed by atoms with E-state index in [2.05, 4.69) is 6.07 Å². The molecule has 0 unspecified atom stereocenters. The van der Waals surface area contributed by atoms with Crippen molar-refractivity contribution < 1.29 is 14.7 Å². The van der Waals surface area contributed by atoms with Crippen molar-refractivity contribution in [3.63, 3.8) is 0 Å². The van der Waals surface area contributed by atoms with Crippen LogP contribution in [0.1, 0.15) is 24.5 Å². The summed E-state index contributed by atoms with van der Waals surface area (Å²) >= 11 is 1.47. The summed E-state index contributed by atoms with van der Waals surface area (Å²) in [5.74, 6) is -0.818. The molecule has 0 saturated carbocycles. The molecule has 5 heteroatoms. The fraction of sp³-hybridized carbons (Fsp3) is 0.467. The third-order valence-corrected chi connectivity index (χ3v) is 4.01. The van der Waals surface area contributed by atoms with Gasteiger partial charge in [-0.15, -0.1) is 11.8 Å². The van der Waals surface area contributed by atoms with Gasteiger partial charge in [-0.05, 0) is 31.9 Å². The fourth-order valence-corrected chi connectivity index (χ4v) is 2.85. The average molecular weight is 295 g/mol. The van der Waals surface area contributed by atoms with Crippen LogP contribution in [0.2, 0.25) is 0 Å². The van der Waals surface area contributed by atoms with Gasteiger partial charge in [0.25, 0.3) is 0 Å². The van der Waals surface area contributed by atoms with E-state index in [-0.39, 0.29) is 18.2 Å². The molecular formula is C15H21NO3S. The van der Waals surface area contributed by atoms with E-state index >= 15 is 0 Å². The number of carboxylic acid groups (broad SMARTS) is 1. The number of rotatable bonds is 7. The molecular weight excluding hydrogens is 274 g/mol. The highest BCUT2D eigenvalue weighted by Crippen LogP contribution is 2.23. The van der Waals surface area contributed by atoms with Crippen LogP contribution < -0.4 is 0 Å². The molecule has 0 spiro atoms. The van der Waals surface area contributed by atoms with Gasteiger partial charge in [-0.25, -0.2) is 0 Å². The summed E-state index contributed by atoms with van der Waals surface area (Å²) in [5.41, 5.74) is 2.29. The second kappa shape index (κ2) is 7.94. The minimum absolute atomic E-state index is 0.125. The molecule has 1 amide bonds. The summed E-state index contributed by atoms with van der Waals surface area (Å²) in [6.07, 6.45) is 0.757. The van der Waals surface area contributed by atoms with Crippen molar-refractivity contribution in [1.82, 2.24) is 4.90 Å². The van der Waals surface area contributed by atoms with Gasteiger partial charge < -0.3 is 10.0 Å². The van der Waals surface area contributed by atoms with Gasteiger partial charge in [0.05, 0.1) is 5.75 Å². The smallest absolute Gasteiger partial charge is 0.323 e. The second-order valence-corrected chi connectivity index (χ2v) is 5.78. The lowest BCUT2D eigenvalue weighted by atomic mass is 10.2. The van der Waals surface area contributed by atoms with E-state index in [1.54, 1.807) is 0 Å². The summed E-state index contributed by atoms with van der Waals surface area (Å²) in [4.78, 5) is 25.3. The largest absolute Gasteiger partial charge is 0.480 e. The van der Waals surface area contributed by atoms with Gasteiger partial charge in [0, 0.05) is 11.4 Å². The first-order valence-corrected chi connectivity index (χ1v) is 7.62. The Hall–Kier alpha value is -1.49. The van der Waals surface area contributed by atoms with Crippen LogP contribution in [0.5, 0.6) is 0 Å². The molecule has 110 valence electrons. The zero-order valence-corrected chi connectivity index (χ0v) is 13.0. The van der Waals surface area contributed by atoms with Gasteiger partial charge in [0.2, 0.25) is 5.91 Å². The van der Waals surface area contributed by atoms with Gasteiger partial charge in [-0.3, -0.25) is 9.59 Å². The van der Waals surface area contributed by atoms with Crippen molar-refractivity contribution in [3.8, 4) is 0 Å². The molecule has 0 bridgehead atoms. The van der Waals surface area contributed by atoms with Gasteiger partial charge in [-0.2, -0.15) is 0 Å². The van der Waals surface area contributed by atoms with Gasteiger partial charge >= 0.3 is 5.97 Å². The van der Waals surface area contributed by atoms with Gasteiger partial charge in [0.1, 0.15) is 6.54 Å². The first kappa shape index (κ1) is 16.6. The van der Waals surface area contributed by atoms with Crippen molar-refractivity contribution in [1.29, 1.82) is 0 Å². The monoisotopic (exact) mass is 295 g/mol. The molecule has 0 atom stereocenters. The standard InChI is InChI=1S/C15H21NO3S/c1-4-7-16(9-15(18)19)14(17)10-20-13-8-11(2)5-6-12(13)3/h5-6,8H,4,7,9-10H2,1-3H3,(H,18,19). The fourth-order valence-electron chi connectivity index (χ4n) is 1.82. The first-order valence-electron chi connectivity index (χ1n) is 6.63. The van der Waals surface area contributed by atoms with Crippen LogP contribution in [0.3, 0.4) is 0 Å². The minimum Gasteiger partial charge on any atom is -0.480 e. The van der Waals surface area contributed by atoms with Crippen molar-refractivity contribution in [2.45, 2.75) is 32.1 Å². The number of aryl methyl sites for hydroxylation is 2. The summed E-state index contributed by atoms with van der Waals surface area (Å²) in [6.45, 7) is 6.21. The number of carbonyl (C=O) groups is 2. The molecule has 0 radical (unpaired) electrons. The predicted molar refractivity (Wildman–Crippen MR) is 81.1 cm³/mol. The van der Waals surface area contributed by atoms with Crippen LogP contribution in [0.4, 0.5) is 0 Å². The Morgan fingerprint density at radius 2 is 2.00 bits per heavy atom. The maximum Gasteiger partial charge on any atom is 0.323 e. The highest BCUT2D eigenvalue weighted by atomic mass is 32.2. The van der Waals surface area contributed by atoms with E-state index in [0.29, 0.717) is 6.54 Å². The van der Waals surface area contributed by atoms with Crippen LogP contribution in [0, 0.1) is 13.8 Å². The zero-order valence-electron chi connectivity index (χ0n) is 12.2. The maximum absolute atomic E-state index is 12.1. The van der Waals surface area contributed by atoms with Gasteiger partial charge in [0.15, 0.2) is 0 Å². The molecule has 20 heavy (non-hydrogen) atoms. The van der Waals surface area contributed by atoms with Crippen LogP contribution in [0.15, 0.2) is 23.1 Å². The van der Waals surface area contributed by atoms with E-state index in [1.165, 1.54) is 16.7 Å². The molecule has 0 aliphatic carbocycles. The lowest BCUT2D eigenvalue weighted by Crippen LogP contribution is -2.37. The molecule has 1 aromatic rings. The maximum atomic E-state index is 12.1. The van der Waals surface area contributed by atoms with Crippen LogP contribution in [-0.2, 0) is 9.59 Å². The first-order chi connectivity index (χ1) is 9.43. The molecule has 0 aliphatic rings. The minimum atomic E-state index is -0.969. The Morgan fingerprint density at radius 1 is 1.30 bits per heavy atom. The lowest BCUT2D eigenvalue weighted by Gasteiger charge is -2.19. The van der Waals surface area contributed by atoms with Crippen LogP contribution in [-0.4, -0.2) is 40.7 Å². The zero-order chi connectivity index (χ0) is 15.1. The number of carboxylic acids is 1. The van der Waals surface area contributed by atoms with E-state index in [0.717, 1.165) is 22.4 Å². The molecule has 0 heterocycles. The SMILES string of the molecule is CCCN(CC(=O)O)C(=O)CSc1cc(C)ccc1C. The topological polar surface area (TPSA) is 57.6 Å². The van der Waals surface area contributed by atoms with Crippen molar-refractivity contribution >= 4 is 23.6 Å². The number of aliphatic carboxylic acids is 1. The highest BCUT2D eigenvalue weighted by Gasteiger charge is 2.16. The molecule has 0 aliphatic heterocycles. The van der Waals surface area contributed by atoms with Crippen molar-refractivity contribution in [3.05, 3.63) is 29.3 Å². The Labute approximate surface area is 124 Å². The summed E-state index contributed by atoms with van der Waals surface area (Å²) in [6, 6.07) is 6.12. The number of nitrogens with zero attached hydrogens (tertiary/aromatic N) is 1. The number of hydrogen-bond acceptors (Lipinski definition) is 3. The second-order valence-electron chi connectivity index (χ2n) is 4.77. The predicted octanol–water partition coefficient (Wildman–Crippen LogP) is 2.72. The third-order valence-electron chi connectivity index (χ3n) is 2.87. The van der Waals surface area contributed by atoms with Gasteiger partial charge in [-0.1, -0.05) is 24.6 Å². The van der Waals surface area contributed by atoms with Crippen molar-refractivity contribution in [2.24, 2.45) is 0 Å². The van der Waals surface area contributed by atoms with E-state index < -0.39 is 5.97 Å². The Kier molecular flexibility index (Phi) is 6.58. The number of amides is 1. The summed E-state index contributed by atoms with van der Waals surface area (Å²) in [5, 5.41) is 8.82. The number of benzene rings is 1. The molecule has 4 nitrogen and oxygen atoms in total. The van der Waals surface area contributed by atoms with Crippen molar-refractivity contribution in [2.75, 3.05) is 18.8 Å². The van der Waals surface area contributed by atoms with Crippen LogP contribution >= 0.6 is 11.8 Å². The summed E-state index contributed by atoms with van der Waals surface area (Å²) in [7, 11) is 0. The average Bonchev–Trinajstić information content (AvgIpc) is 2.38. The Balaban J connectivity index is 2.64. The Morgan fingerprint density at radius 3 is 2.60 bits per heavy atom. The van der Waals surface area contributed by atoms with E-state index in [4.69, 9.17) is 5.11 Å².